The van der Waals surface area contributed by atoms with Gasteiger partial charge in [-0.3, -0.25) is 9.79 Å². The number of hydrogen-bond donors (Lipinski definition) is 0. The van der Waals surface area contributed by atoms with Crippen molar-refractivity contribution in [2.45, 2.75) is 19.3 Å². The lowest BCUT2D eigenvalue weighted by atomic mass is 10.0. The molecular formula is C15H20ClNO2. The van der Waals surface area contributed by atoms with Gasteiger partial charge in [0, 0.05) is 18.6 Å². The maximum Gasteiger partial charge on any atom is 0.309 e. The first-order chi connectivity index (χ1) is 9.27. The number of ether oxygens (including phenoxy) is 1. The van der Waals surface area contributed by atoms with Gasteiger partial charge in [-0.05, 0) is 18.4 Å². The highest BCUT2D eigenvalue weighted by Gasteiger charge is 2.16. The van der Waals surface area contributed by atoms with E-state index in [9.17, 15) is 4.79 Å². The third-order valence-corrected chi connectivity index (χ3v) is 3.22. The van der Waals surface area contributed by atoms with Gasteiger partial charge in [0.25, 0.3) is 0 Å². The van der Waals surface area contributed by atoms with Crippen molar-refractivity contribution in [2.75, 3.05) is 19.5 Å². The third-order valence-electron chi connectivity index (χ3n) is 2.85. The molecule has 0 bridgehead atoms. The van der Waals surface area contributed by atoms with Gasteiger partial charge in [-0.1, -0.05) is 36.8 Å². The van der Waals surface area contributed by atoms with E-state index in [4.69, 9.17) is 11.6 Å². The molecule has 1 atom stereocenters. The molecule has 0 N–H and O–H groups in total. The van der Waals surface area contributed by atoms with E-state index in [1.807, 2.05) is 36.5 Å². The van der Waals surface area contributed by atoms with Crippen molar-refractivity contribution < 1.29 is 9.53 Å². The summed E-state index contributed by atoms with van der Waals surface area (Å²) in [6.45, 7) is 0.769. The summed E-state index contributed by atoms with van der Waals surface area (Å²) in [6, 6.07) is 10.00. The summed E-state index contributed by atoms with van der Waals surface area (Å²) < 4.78 is 4.69. The average Bonchev–Trinajstić information content (AvgIpc) is 2.47. The van der Waals surface area contributed by atoms with Crippen LogP contribution in [0.1, 0.15) is 24.8 Å². The maximum atomic E-state index is 11.3. The summed E-state index contributed by atoms with van der Waals surface area (Å²) in [5.41, 5.74) is 1.11. The third kappa shape index (κ3) is 6.39. The van der Waals surface area contributed by atoms with Gasteiger partial charge in [0.15, 0.2) is 0 Å². The summed E-state index contributed by atoms with van der Waals surface area (Å²) in [7, 11) is 1.39. The Morgan fingerprint density at radius 2 is 2.11 bits per heavy atom. The summed E-state index contributed by atoms with van der Waals surface area (Å²) in [4.78, 5) is 15.7. The summed E-state index contributed by atoms with van der Waals surface area (Å²) in [5, 5.41) is 0. The van der Waals surface area contributed by atoms with Crippen LogP contribution in [0.15, 0.2) is 35.3 Å². The number of esters is 1. The van der Waals surface area contributed by atoms with Crippen LogP contribution in [0.3, 0.4) is 0 Å². The number of carbonyl (C=O) groups excluding carboxylic acids is 1. The van der Waals surface area contributed by atoms with Crippen molar-refractivity contribution in [1.29, 1.82) is 0 Å². The number of rotatable bonds is 8. The molecule has 1 rings (SSSR count). The number of aliphatic imine (C=N–C) groups is 1. The van der Waals surface area contributed by atoms with Gasteiger partial charge in [-0.25, -0.2) is 0 Å². The molecule has 0 fully saturated rings. The SMILES string of the molecule is COC(=O)C(CCl)CCCCN=Cc1ccccc1. The van der Waals surface area contributed by atoms with Gasteiger partial charge in [0.05, 0.1) is 13.0 Å². The Labute approximate surface area is 119 Å². The minimum absolute atomic E-state index is 0.190. The fraction of sp³-hybridized carbons (Fsp3) is 0.467. The van der Waals surface area contributed by atoms with E-state index in [1.165, 1.54) is 7.11 Å². The molecule has 1 aromatic rings. The normalized spacial score (nSPS) is 12.5. The lowest BCUT2D eigenvalue weighted by Crippen LogP contribution is -2.17. The van der Waals surface area contributed by atoms with Crippen molar-refractivity contribution in [2.24, 2.45) is 10.9 Å². The second-order valence-corrected chi connectivity index (χ2v) is 4.62. The van der Waals surface area contributed by atoms with Crippen LogP contribution in [0.25, 0.3) is 0 Å². The standard InChI is InChI=1S/C15H20ClNO2/c1-19-15(18)14(11-16)9-5-6-10-17-12-13-7-3-2-4-8-13/h2-4,7-8,12,14H,5-6,9-11H2,1H3. The molecule has 0 aliphatic carbocycles. The van der Waals surface area contributed by atoms with Crippen LogP contribution in [-0.2, 0) is 9.53 Å². The molecule has 1 unspecified atom stereocenters. The van der Waals surface area contributed by atoms with E-state index in [0.29, 0.717) is 5.88 Å². The van der Waals surface area contributed by atoms with E-state index in [-0.39, 0.29) is 11.9 Å². The van der Waals surface area contributed by atoms with E-state index in [2.05, 4.69) is 9.73 Å². The fourth-order valence-corrected chi connectivity index (χ4v) is 2.01. The van der Waals surface area contributed by atoms with Gasteiger partial charge in [-0.2, -0.15) is 0 Å². The Morgan fingerprint density at radius 3 is 2.74 bits per heavy atom. The van der Waals surface area contributed by atoms with Gasteiger partial charge >= 0.3 is 5.97 Å². The molecule has 0 aliphatic rings. The molecule has 1 aromatic carbocycles. The number of hydrogen-bond acceptors (Lipinski definition) is 3. The summed E-state index contributed by atoms with van der Waals surface area (Å²) >= 11 is 5.73. The zero-order valence-corrected chi connectivity index (χ0v) is 12.0. The zero-order valence-electron chi connectivity index (χ0n) is 11.2. The molecule has 0 aliphatic heterocycles. The molecule has 0 heterocycles. The van der Waals surface area contributed by atoms with Crippen molar-refractivity contribution in [3.8, 4) is 0 Å². The van der Waals surface area contributed by atoms with Crippen molar-refractivity contribution in [3.63, 3.8) is 0 Å². The summed E-state index contributed by atoms with van der Waals surface area (Å²) in [6.07, 6.45) is 4.52. The molecule has 0 saturated heterocycles. The number of alkyl halides is 1. The highest BCUT2D eigenvalue weighted by molar-refractivity contribution is 6.19. The summed E-state index contributed by atoms with van der Waals surface area (Å²) in [5.74, 6) is -0.0903. The number of unbranched alkanes of at least 4 members (excludes halogenated alkanes) is 1. The van der Waals surface area contributed by atoms with Gasteiger partial charge < -0.3 is 4.74 Å². The molecule has 0 saturated carbocycles. The van der Waals surface area contributed by atoms with Gasteiger partial charge in [0.1, 0.15) is 0 Å². The smallest absolute Gasteiger partial charge is 0.309 e. The minimum atomic E-state index is -0.220. The number of carbonyl (C=O) groups is 1. The molecule has 0 spiro atoms. The van der Waals surface area contributed by atoms with Gasteiger partial charge in [0.2, 0.25) is 0 Å². The first-order valence-electron chi connectivity index (χ1n) is 6.46. The predicted molar refractivity (Wildman–Crippen MR) is 79.0 cm³/mol. The first-order valence-corrected chi connectivity index (χ1v) is 7.00. The molecule has 0 radical (unpaired) electrons. The minimum Gasteiger partial charge on any atom is -0.469 e. The van der Waals surface area contributed by atoms with Crippen LogP contribution in [0.4, 0.5) is 0 Å². The fourth-order valence-electron chi connectivity index (χ4n) is 1.73. The highest BCUT2D eigenvalue weighted by Crippen LogP contribution is 2.12. The average molecular weight is 282 g/mol. The Balaban J connectivity index is 2.17. The van der Waals surface area contributed by atoms with Crippen LogP contribution < -0.4 is 0 Å². The maximum absolute atomic E-state index is 11.3. The van der Waals surface area contributed by atoms with Crippen LogP contribution >= 0.6 is 11.6 Å². The second-order valence-electron chi connectivity index (χ2n) is 4.32. The Morgan fingerprint density at radius 1 is 1.37 bits per heavy atom. The first kappa shape index (κ1) is 15.7. The Kier molecular flexibility index (Phi) is 7.91. The molecule has 19 heavy (non-hydrogen) atoms. The van der Waals surface area contributed by atoms with Crippen LogP contribution in [0, 0.1) is 5.92 Å². The highest BCUT2D eigenvalue weighted by atomic mass is 35.5. The van der Waals surface area contributed by atoms with Crippen LogP contribution in [0.5, 0.6) is 0 Å². The topological polar surface area (TPSA) is 38.7 Å². The number of methoxy groups -OCH3 is 1. The van der Waals surface area contributed by atoms with Gasteiger partial charge in [-0.15, -0.1) is 11.6 Å². The molecule has 104 valence electrons. The van der Waals surface area contributed by atoms with E-state index in [1.54, 1.807) is 0 Å². The Hall–Kier alpha value is -1.35. The molecule has 0 amide bonds. The molecule has 3 nitrogen and oxygen atoms in total. The van der Waals surface area contributed by atoms with E-state index >= 15 is 0 Å². The number of nitrogens with zero attached hydrogens (tertiary/aromatic N) is 1. The van der Waals surface area contributed by atoms with Crippen LogP contribution in [-0.4, -0.2) is 31.7 Å². The van der Waals surface area contributed by atoms with E-state index < -0.39 is 0 Å². The second kappa shape index (κ2) is 9.56. The van der Waals surface area contributed by atoms with Crippen molar-refractivity contribution in [1.82, 2.24) is 0 Å². The van der Waals surface area contributed by atoms with Crippen LogP contribution in [0.2, 0.25) is 0 Å². The quantitative estimate of drug-likeness (QED) is 0.317. The zero-order chi connectivity index (χ0) is 13.9. The van der Waals surface area contributed by atoms with E-state index in [0.717, 1.165) is 31.4 Å². The number of halogens is 1. The molecule has 0 aromatic heterocycles. The monoisotopic (exact) mass is 281 g/mol. The lowest BCUT2D eigenvalue weighted by Gasteiger charge is -2.10. The molecular weight excluding hydrogens is 262 g/mol. The van der Waals surface area contributed by atoms with Crippen molar-refractivity contribution in [3.05, 3.63) is 35.9 Å². The predicted octanol–water partition coefficient (Wildman–Crippen LogP) is 3.30. The van der Waals surface area contributed by atoms with Crippen molar-refractivity contribution >= 4 is 23.8 Å². The Bertz CT molecular complexity index is 392. The molecule has 4 heteroatoms. The largest absolute Gasteiger partial charge is 0.469 e. The number of benzene rings is 1. The lowest BCUT2D eigenvalue weighted by molar-refractivity contribution is -0.144.